The van der Waals surface area contributed by atoms with Crippen molar-refractivity contribution in [2.75, 3.05) is 0 Å². The maximum absolute atomic E-state index is 5.59. The first kappa shape index (κ1) is 12.9. The van der Waals surface area contributed by atoms with Gasteiger partial charge >= 0.3 is 5.82 Å². The third-order valence-electron chi connectivity index (χ3n) is 3.94. The van der Waals surface area contributed by atoms with E-state index in [1.807, 2.05) is 18.2 Å². The lowest BCUT2D eigenvalue weighted by molar-refractivity contribution is -0.660. The molecule has 2 aromatic carbocycles. The number of rotatable bonds is 4. The van der Waals surface area contributed by atoms with Crippen LogP contribution < -0.4 is 4.57 Å². The molecule has 0 aliphatic rings. The van der Waals surface area contributed by atoms with Crippen LogP contribution in [0.5, 0.6) is 0 Å². The van der Waals surface area contributed by atoms with Gasteiger partial charge in [-0.3, -0.25) is 0 Å². The molecule has 0 amide bonds. The Hall–Kier alpha value is -2.81. The summed E-state index contributed by atoms with van der Waals surface area (Å²) in [5.74, 6) is 1.88. The zero-order chi connectivity index (χ0) is 14.8. The van der Waals surface area contributed by atoms with Crippen LogP contribution in [0.3, 0.4) is 0 Å². The van der Waals surface area contributed by atoms with Gasteiger partial charge in [-0.15, -0.1) is 0 Å². The summed E-state index contributed by atoms with van der Waals surface area (Å²) in [4.78, 5) is 3.47. The number of benzene rings is 2. The number of furan rings is 1. The lowest BCUT2D eigenvalue weighted by Gasteiger charge is -2.02. The highest BCUT2D eigenvalue weighted by Crippen LogP contribution is 2.19. The number of hydrogen-bond donors (Lipinski definition) is 1. The molecule has 0 aliphatic heterocycles. The van der Waals surface area contributed by atoms with Gasteiger partial charge in [0.15, 0.2) is 11.0 Å². The second-order valence-corrected chi connectivity index (χ2v) is 5.36. The average molecular weight is 289 g/mol. The van der Waals surface area contributed by atoms with Crippen LogP contribution in [0.15, 0.2) is 77.4 Å². The Morgan fingerprint density at radius 3 is 2.50 bits per heavy atom. The number of aryl methyl sites for hydroxylation is 2. The van der Waals surface area contributed by atoms with Gasteiger partial charge in [-0.25, -0.2) is 9.55 Å². The lowest BCUT2D eigenvalue weighted by atomic mass is 10.1. The average Bonchev–Trinajstić information content (AvgIpc) is 3.21. The summed E-state index contributed by atoms with van der Waals surface area (Å²) >= 11 is 0. The molecule has 0 aliphatic carbocycles. The number of hydrogen-bond acceptors (Lipinski definition) is 1. The van der Waals surface area contributed by atoms with Crippen molar-refractivity contribution in [3.05, 3.63) is 78.6 Å². The topological polar surface area (TPSA) is 32.8 Å². The fraction of sp³-hybridized carbons (Fsp3) is 0.105. The van der Waals surface area contributed by atoms with Gasteiger partial charge in [0, 0.05) is 6.42 Å². The van der Waals surface area contributed by atoms with E-state index in [1.165, 1.54) is 11.1 Å². The Morgan fingerprint density at radius 1 is 0.864 bits per heavy atom. The molecule has 108 valence electrons. The maximum Gasteiger partial charge on any atom is 0.323 e. The molecule has 4 aromatic rings. The Morgan fingerprint density at radius 2 is 1.68 bits per heavy atom. The summed E-state index contributed by atoms with van der Waals surface area (Å²) in [7, 11) is 0. The van der Waals surface area contributed by atoms with Crippen LogP contribution in [0, 0.1) is 0 Å². The molecule has 0 atom stereocenters. The van der Waals surface area contributed by atoms with Crippen molar-refractivity contribution in [3.63, 3.8) is 0 Å². The monoisotopic (exact) mass is 289 g/mol. The molecule has 0 fully saturated rings. The predicted octanol–water partition coefficient (Wildman–Crippen LogP) is 3.96. The Labute approximate surface area is 128 Å². The molecule has 3 nitrogen and oxygen atoms in total. The second-order valence-electron chi connectivity index (χ2n) is 5.36. The summed E-state index contributed by atoms with van der Waals surface area (Å²) in [6, 6.07) is 22.8. The van der Waals surface area contributed by atoms with E-state index in [4.69, 9.17) is 4.42 Å². The smallest absolute Gasteiger partial charge is 0.323 e. The van der Waals surface area contributed by atoms with Gasteiger partial charge in [-0.05, 0) is 29.8 Å². The van der Waals surface area contributed by atoms with Crippen molar-refractivity contribution < 1.29 is 8.98 Å². The van der Waals surface area contributed by atoms with E-state index in [2.05, 4.69) is 58.1 Å². The van der Waals surface area contributed by atoms with Crippen LogP contribution in [0.1, 0.15) is 5.56 Å². The molecule has 0 radical (unpaired) electrons. The van der Waals surface area contributed by atoms with Gasteiger partial charge in [0.2, 0.25) is 5.76 Å². The fourth-order valence-electron chi connectivity index (χ4n) is 2.86. The molecule has 22 heavy (non-hydrogen) atoms. The number of H-pyrrole nitrogens is 1. The molecule has 0 saturated carbocycles. The normalized spacial score (nSPS) is 11.1. The highest BCUT2D eigenvalue weighted by Gasteiger charge is 2.21. The summed E-state index contributed by atoms with van der Waals surface area (Å²) in [6.07, 6.45) is 2.70. The molecular weight excluding hydrogens is 272 g/mol. The van der Waals surface area contributed by atoms with E-state index < -0.39 is 0 Å². The van der Waals surface area contributed by atoms with Crippen LogP contribution in [0.25, 0.3) is 22.6 Å². The zero-order valence-corrected chi connectivity index (χ0v) is 12.2. The molecule has 2 heterocycles. The number of aromatic nitrogens is 2. The van der Waals surface area contributed by atoms with E-state index in [9.17, 15) is 0 Å². The van der Waals surface area contributed by atoms with Crippen molar-refractivity contribution in [2.24, 2.45) is 0 Å². The van der Waals surface area contributed by atoms with E-state index in [-0.39, 0.29) is 0 Å². The van der Waals surface area contributed by atoms with Crippen LogP contribution in [0.2, 0.25) is 0 Å². The second kappa shape index (κ2) is 5.53. The highest BCUT2D eigenvalue weighted by molar-refractivity contribution is 5.73. The van der Waals surface area contributed by atoms with Crippen molar-refractivity contribution >= 4 is 11.0 Å². The van der Waals surface area contributed by atoms with Crippen molar-refractivity contribution in [2.45, 2.75) is 13.0 Å². The quantitative estimate of drug-likeness (QED) is 0.567. The van der Waals surface area contributed by atoms with Crippen LogP contribution in [0.4, 0.5) is 0 Å². The number of imidazole rings is 1. The van der Waals surface area contributed by atoms with Gasteiger partial charge in [0.05, 0.1) is 12.8 Å². The SMILES string of the molecule is c1ccc(CC[n+]2c(-c3ccco3)[nH]c3ccccc32)cc1. The van der Waals surface area contributed by atoms with Gasteiger partial charge < -0.3 is 4.42 Å². The molecule has 1 N–H and O–H groups in total. The van der Waals surface area contributed by atoms with Crippen LogP contribution in [-0.2, 0) is 13.0 Å². The standard InChI is InChI=1S/C19H16N2O/c1-2-7-15(8-3-1)12-13-21-17-10-5-4-9-16(17)20-19(21)18-11-6-14-22-18/h1-11,14H,12-13H2/p+1. The van der Waals surface area contributed by atoms with Crippen LogP contribution in [-0.4, -0.2) is 4.98 Å². The van der Waals surface area contributed by atoms with Gasteiger partial charge in [0.1, 0.15) is 0 Å². The van der Waals surface area contributed by atoms with Crippen molar-refractivity contribution in [1.29, 1.82) is 0 Å². The van der Waals surface area contributed by atoms with Crippen molar-refractivity contribution in [1.82, 2.24) is 4.98 Å². The minimum absolute atomic E-state index is 0.865. The summed E-state index contributed by atoms with van der Waals surface area (Å²) in [5, 5.41) is 0. The first-order valence-electron chi connectivity index (χ1n) is 7.50. The predicted molar refractivity (Wildman–Crippen MR) is 86.3 cm³/mol. The summed E-state index contributed by atoms with van der Waals surface area (Å²) < 4.78 is 7.88. The third kappa shape index (κ3) is 2.31. The number of nitrogens with zero attached hydrogens (tertiary/aromatic N) is 1. The molecule has 0 bridgehead atoms. The highest BCUT2D eigenvalue weighted by atomic mass is 16.3. The third-order valence-corrected chi connectivity index (χ3v) is 3.94. The first-order chi connectivity index (χ1) is 10.9. The number of aromatic amines is 1. The molecule has 4 rings (SSSR count). The van der Waals surface area contributed by atoms with E-state index >= 15 is 0 Å². The van der Waals surface area contributed by atoms with E-state index in [1.54, 1.807) is 6.26 Å². The fourth-order valence-corrected chi connectivity index (χ4v) is 2.86. The van der Waals surface area contributed by atoms with E-state index in [0.717, 1.165) is 30.1 Å². The zero-order valence-electron chi connectivity index (χ0n) is 12.2. The van der Waals surface area contributed by atoms with Gasteiger partial charge in [-0.1, -0.05) is 42.5 Å². The lowest BCUT2D eigenvalue weighted by Crippen LogP contribution is -2.36. The Bertz CT molecular complexity index is 876. The number of para-hydroxylation sites is 2. The maximum atomic E-state index is 5.59. The molecular formula is C19H17N2O+. The minimum Gasteiger partial charge on any atom is -0.456 e. The number of nitrogens with one attached hydrogen (secondary N) is 1. The van der Waals surface area contributed by atoms with Gasteiger partial charge in [0.25, 0.3) is 0 Å². The van der Waals surface area contributed by atoms with Crippen LogP contribution >= 0.6 is 0 Å². The summed E-state index contributed by atoms with van der Waals surface area (Å²) in [6.45, 7) is 0.907. The van der Waals surface area contributed by atoms with Gasteiger partial charge in [-0.2, -0.15) is 0 Å². The van der Waals surface area contributed by atoms with Crippen molar-refractivity contribution in [3.8, 4) is 11.6 Å². The Kier molecular flexibility index (Phi) is 3.24. The van der Waals surface area contributed by atoms with E-state index in [0.29, 0.717) is 0 Å². The molecule has 0 unspecified atom stereocenters. The largest absolute Gasteiger partial charge is 0.456 e. The minimum atomic E-state index is 0.865. The molecule has 3 heteroatoms. The number of fused-ring (bicyclic) bond motifs is 1. The Balaban J connectivity index is 1.76. The molecule has 0 saturated heterocycles. The molecule has 2 aromatic heterocycles. The first-order valence-corrected chi connectivity index (χ1v) is 7.50. The molecule has 0 spiro atoms. The summed E-state index contributed by atoms with van der Waals surface area (Å²) in [5.41, 5.74) is 3.66.